The molecule has 2 rings (SSSR count). The first-order valence-corrected chi connectivity index (χ1v) is 6.91. The molecule has 0 aliphatic rings. The highest BCUT2D eigenvalue weighted by atomic mass is 35.5. The van der Waals surface area contributed by atoms with E-state index >= 15 is 0 Å². The van der Waals surface area contributed by atoms with Crippen molar-refractivity contribution in [1.29, 1.82) is 0 Å². The lowest BCUT2D eigenvalue weighted by molar-refractivity contribution is -0.321. The van der Waals surface area contributed by atoms with Gasteiger partial charge < -0.3 is 0 Å². The van der Waals surface area contributed by atoms with E-state index in [1.807, 2.05) is 0 Å². The number of rotatable bonds is 4. The Morgan fingerprint density at radius 3 is 1.26 bits per heavy atom. The summed E-state index contributed by atoms with van der Waals surface area (Å²) in [7, 11) is 0. The Hall–Kier alpha value is -1.40. The van der Waals surface area contributed by atoms with Gasteiger partial charge in [-0.05, 0) is 24.3 Å². The van der Waals surface area contributed by atoms with Crippen LogP contribution in [0.3, 0.4) is 0 Å². The van der Waals surface area contributed by atoms with Crippen LogP contribution in [0.2, 0.25) is 10.0 Å². The van der Waals surface area contributed by atoms with Gasteiger partial charge in [0.2, 0.25) is 0 Å². The first kappa shape index (κ1) is 17.9. The summed E-state index contributed by atoms with van der Waals surface area (Å²) in [4.78, 5) is 0. The molecule has 0 spiro atoms. The van der Waals surface area contributed by atoms with Crippen molar-refractivity contribution in [2.75, 3.05) is 0 Å². The summed E-state index contributed by atoms with van der Waals surface area (Å²) in [6, 6.07) is 6.51. The van der Waals surface area contributed by atoms with E-state index in [1.165, 1.54) is 0 Å². The number of hydrogen-bond acceptors (Lipinski definition) is 0. The van der Waals surface area contributed by atoms with Crippen LogP contribution in [-0.2, 0) is 11.8 Å². The molecular formula is C15H8Cl2F6. The van der Waals surface area contributed by atoms with Crippen LogP contribution in [0.25, 0.3) is 0 Å². The van der Waals surface area contributed by atoms with E-state index in [2.05, 4.69) is 0 Å². The minimum atomic E-state index is -5.70. The molecule has 0 heterocycles. The number of halogens is 8. The lowest BCUT2D eigenvalue weighted by Crippen LogP contribution is -2.50. The van der Waals surface area contributed by atoms with Gasteiger partial charge in [0.1, 0.15) is 0 Å². The lowest BCUT2D eigenvalue weighted by atomic mass is 9.93. The van der Waals surface area contributed by atoms with Gasteiger partial charge in [-0.15, -0.1) is 0 Å². The van der Waals surface area contributed by atoms with E-state index in [4.69, 9.17) is 23.2 Å². The van der Waals surface area contributed by atoms with E-state index < -0.39 is 28.9 Å². The number of alkyl halides is 6. The summed E-state index contributed by atoms with van der Waals surface area (Å²) in [5.74, 6) is -16.0. The van der Waals surface area contributed by atoms with Crippen molar-refractivity contribution in [3.05, 3.63) is 69.7 Å². The molecule has 0 nitrogen and oxygen atoms in total. The van der Waals surface area contributed by atoms with Gasteiger partial charge in [0, 0.05) is 21.2 Å². The minimum Gasteiger partial charge on any atom is -0.194 e. The molecule has 23 heavy (non-hydrogen) atoms. The molecule has 0 aliphatic heterocycles. The third-order valence-corrected chi connectivity index (χ3v) is 3.63. The van der Waals surface area contributed by atoms with E-state index in [-0.39, 0.29) is 10.0 Å². The zero-order valence-corrected chi connectivity index (χ0v) is 12.7. The first-order valence-electron chi connectivity index (χ1n) is 6.15. The fourth-order valence-electron chi connectivity index (χ4n) is 1.93. The number of benzene rings is 2. The van der Waals surface area contributed by atoms with Gasteiger partial charge in [0.25, 0.3) is 0 Å². The fraction of sp³-hybridized carbons (Fsp3) is 0.200. The Bertz CT molecular complexity index is 655. The SMILES string of the molecule is FC(F)(c1cccc(Cl)c1)C(F)(F)C(F)(F)c1cccc(Cl)c1. The quantitative estimate of drug-likeness (QED) is 0.536. The maximum absolute atomic E-state index is 14.1. The molecule has 0 saturated heterocycles. The Labute approximate surface area is 137 Å². The molecule has 0 bridgehead atoms. The Morgan fingerprint density at radius 1 is 0.609 bits per heavy atom. The van der Waals surface area contributed by atoms with Crippen molar-refractivity contribution < 1.29 is 26.3 Å². The van der Waals surface area contributed by atoms with Crippen LogP contribution in [0, 0.1) is 0 Å². The van der Waals surface area contributed by atoms with Gasteiger partial charge in [-0.1, -0.05) is 47.5 Å². The Balaban J connectivity index is 2.54. The number of hydrogen-bond donors (Lipinski definition) is 0. The van der Waals surface area contributed by atoms with Crippen LogP contribution in [0.15, 0.2) is 48.5 Å². The highest BCUT2D eigenvalue weighted by molar-refractivity contribution is 6.30. The average Bonchev–Trinajstić information content (AvgIpc) is 2.46. The molecule has 0 N–H and O–H groups in total. The monoisotopic (exact) mass is 372 g/mol. The molecule has 0 radical (unpaired) electrons. The molecule has 2 aromatic rings. The van der Waals surface area contributed by atoms with E-state index in [0.717, 1.165) is 24.3 Å². The molecule has 0 fully saturated rings. The molecule has 2 aromatic carbocycles. The largest absolute Gasteiger partial charge is 0.380 e. The predicted molar refractivity (Wildman–Crippen MR) is 75.6 cm³/mol. The second-order valence-corrected chi connectivity index (χ2v) is 5.62. The zero-order valence-electron chi connectivity index (χ0n) is 11.1. The highest BCUT2D eigenvalue weighted by Gasteiger charge is 2.72. The summed E-state index contributed by atoms with van der Waals surface area (Å²) in [5.41, 5.74) is -2.62. The third-order valence-electron chi connectivity index (χ3n) is 3.16. The molecule has 0 aromatic heterocycles. The molecule has 0 atom stereocenters. The summed E-state index contributed by atoms with van der Waals surface area (Å²) >= 11 is 10.9. The molecule has 8 heteroatoms. The van der Waals surface area contributed by atoms with Gasteiger partial charge in [-0.25, -0.2) is 0 Å². The second-order valence-electron chi connectivity index (χ2n) is 4.74. The summed E-state index contributed by atoms with van der Waals surface area (Å²) in [6.07, 6.45) is 0. The maximum Gasteiger partial charge on any atom is 0.380 e. The maximum atomic E-state index is 14.1. The summed E-state index contributed by atoms with van der Waals surface area (Å²) < 4.78 is 84.4. The average molecular weight is 373 g/mol. The van der Waals surface area contributed by atoms with Gasteiger partial charge in [-0.2, -0.15) is 26.3 Å². The summed E-state index contributed by atoms with van der Waals surface area (Å²) in [6.45, 7) is 0. The molecule has 0 aliphatic carbocycles. The van der Waals surface area contributed by atoms with Crippen LogP contribution in [-0.4, -0.2) is 5.92 Å². The second kappa shape index (κ2) is 5.91. The first-order chi connectivity index (χ1) is 10.5. The third kappa shape index (κ3) is 3.02. The van der Waals surface area contributed by atoms with E-state index in [0.29, 0.717) is 24.3 Å². The Morgan fingerprint density at radius 2 is 0.957 bits per heavy atom. The van der Waals surface area contributed by atoms with Crippen LogP contribution in [0.1, 0.15) is 11.1 Å². The molecule has 0 saturated carbocycles. The van der Waals surface area contributed by atoms with Crippen molar-refractivity contribution >= 4 is 23.2 Å². The van der Waals surface area contributed by atoms with Crippen LogP contribution in [0.5, 0.6) is 0 Å². The summed E-state index contributed by atoms with van der Waals surface area (Å²) in [5, 5.41) is -0.548. The topological polar surface area (TPSA) is 0 Å². The van der Waals surface area contributed by atoms with Gasteiger partial charge >= 0.3 is 17.8 Å². The van der Waals surface area contributed by atoms with Gasteiger partial charge in [-0.3, -0.25) is 0 Å². The Kier molecular flexibility index (Phi) is 4.61. The highest BCUT2D eigenvalue weighted by Crippen LogP contribution is 2.55. The predicted octanol–water partition coefficient (Wildman–Crippen LogP) is 6.51. The van der Waals surface area contributed by atoms with E-state index in [9.17, 15) is 26.3 Å². The molecule has 0 amide bonds. The van der Waals surface area contributed by atoms with Crippen molar-refractivity contribution in [3.8, 4) is 0 Å². The molecule has 124 valence electrons. The smallest absolute Gasteiger partial charge is 0.194 e. The van der Waals surface area contributed by atoms with Crippen LogP contribution in [0.4, 0.5) is 26.3 Å². The van der Waals surface area contributed by atoms with E-state index in [1.54, 1.807) is 0 Å². The zero-order chi connectivity index (χ0) is 17.5. The fourth-order valence-corrected chi connectivity index (χ4v) is 2.31. The van der Waals surface area contributed by atoms with Crippen LogP contribution >= 0.6 is 23.2 Å². The molecular weight excluding hydrogens is 365 g/mol. The van der Waals surface area contributed by atoms with Crippen LogP contribution < -0.4 is 0 Å². The lowest BCUT2D eigenvalue weighted by Gasteiger charge is -2.33. The van der Waals surface area contributed by atoms with Crippen molar-refractivity contribution in [2.45, 2.75) is 17.8 Å². The normalized spacial score (nSPS) is 13.2. The van der Waals surface area contributed by atoms with Gasteiger partial charge in [0.15, 0.2) is 0 Å². The standard InChI is InChI=1S/C15H8Cl2F6/c16-11-5-1-3-9(7-11)13(18,19)15(22,23)14(20,21)10-4-2-6-12(17)8-10/h1-8H. The van der Waals surface area contributed by atoms with Crippen molar-refractivity contribution in [1.82, 2.24) is 0 Å². The molecule has 0 unspecified atom stereocenters. The minimum absolute atomic E-state index is 0.274. The van der Waals surface area contributed by atoms with Gasteiger partial charge in [0.05, 0.1) is 0 Å². The van der Waals surface area contributed by atoms with Crippen molar-refractivity contribution in [3.63, 3.8) is 0 Å². The van der Waals surface area contributed by atoms with Crippen molar-refractivity contribution in [2.24, 2.45) is 0 Å².